The smallest absolute Gasteiger partial charge is 0.293 e. The summed E-state index contributed by atoms with van der Waals surface area (Å²) in [6.07, 6.45) is 3.44. The van der Waals surface area contributed by atoms with Crippen LogP contribution < -0.4 is 10.9 Å². The predicted octanol–water partition coefficient (Wildman–Crippen LogP) is 2.99. The van der Waals surface area contributed by atoms with Crippen LogP contribution in [0.5, 0.6) is 0 Å². The minimum Gasteiger partial charge on any atom is -0.365 e. The molecule has 108 valence electrons. The highest BCUT2D eigenvalue weighted by atomic mass is 16.1. The first-order valence-corrected chi connectivity index (χ1v) is 7.01. The zero-order valence-electron chi connectivity index (χ0n) is 13.0. The van der Waals surface area contributed by atoms with Crippen molar-refractivity contribution in [2.24, 2.45) is 17.3 Å². The lowest BCUT2D eigenvalue weighted by Crippen LogP contribution is -2.30. The summed E-state index contributed by atoms with van der Waals surface area (Å²) in [5.74, 6) is 1.37. The molecule has 4 nitrogen and oxygen atoms in total. The summed E-state index contributed by atoms with van der Waals surface area (Å²) >= 11 is 0. The van der Waals surface area contributed by atoms with E-state index in [9.17, 15) is 4.79 Å². The van der Waals surface area contributed by atoms with Gasteiger partial charge in [0.15, 0.2) is 5.82 Å². The van der Waals surface area contributed by atoms with Crippen molar-refractivity contribution >= 4 is 5.82 Å². The van der Waals surface area contributed by atoms with E-state index in [1.807, 2.05) is 0 Å². The third-order valence-corrected chi connectivity index (χ3v) is 3.53. The van der Waals surface area contributed by atoms with E-state index in [1.54, 1.807) is 17.0 Å². The van der Waals surface area contributed by atoms with Gasteiger partial charge < -0.3 is 9.88 Å². The van der Waals surface area contributed by atoms with Crippen LogP contribution in [0.1, 0.15) is 41.5 Å². The van der Waals surface area contributed by atoms with Gasteiger partial charge >= 0.3 is 0 Å². The number of hydrogen-bond acceptors (Lipinski definition) is 3. The summed E-state index contributed by atoms with van der Waals surface area (Å²) in [6.45, 7) is 14.5. The topological polar surface area (TPSA) is 46.9 Å². The first kappa shape index (κ1) is 15.7. The molecule has 1 aromatic rings. The number of rotatable bonds is 5. The summed E-state index contributed by atoms with van der Waals surface area (Å²) in [4.78, 5) is 16.4. The highest BCUT2D eigenvalue weighted by molar-refractivity contribution is 5.30. The third-order valence-electron chi connectivity index (χ3n) is 3.53. The summed E-state index contributed by atoms with van der Waals surface area (Å²) in [5, 5.41) is 3.19. The van der Waals surface area contributed by atoms with Gasteiger partial charge in [-0.05, 0) is 17.3 Å². The SMILES string of the molecule is CC(C)Cn1ccnc(NCC(C)C(C)(C)C)c1=O. The van der Waals surface area contributed by atoms with Gasteiger partial charge in [0.25, 0.3) is 5.56 Å². The third kappa shape index (κ3) is 4.69. The van der Waals surface area contributed by atoms with E-state index in [-0.39, 0.29) is 11.0 Å². The summed E-state index contributed by atoms with van der Waals surface area (Å²) in [7, 11) is 0. The average Bonchev–Trinajstić information content (AvgIpc) is 2.28. The normalized spacial score (nSPS) is 13.6. The lowest BCUT2D eigenvalue weighted by molar-refractivity contribution is 0.274. The number of hydrogen-bond donors (Lipinski definition) is 1. The molecular formula is C15H27N3O. The van der Waals surface area contributed by atoms with Crippen LogP contribution in [0.25, 0.3) is 0 Å². The standard InChI is InChI=1S/C15H27N3O/c1-11(2)10-18-8-7-16-13(14(18)19)17-9-12(3)15(4,5)6/h7-8,11-12H,9-10H2,1-6H3,(H,16,17). The van der Waals surface area contributed by atoms with Gasteiger partial charge in [-0.15, -0.1) is 0 Å². The Morgan fingerprint density at radius 3 is 2.47 bits per heavy atom. The Hall–Kier alpha value is -1.32. The Balaban J connectivity index is 2.77. The molecule has 1 heterocycles. The maximum atomic E-state index is 12.2. The van der Waals surface area contributed by atoms with E-state index in [0.29, 0.717) is 17.7 Å². The largest absolute Gasteiger partial charge is 0.365 e. The Morgan fingerprint density at radius 2 is 1.95 bits per heavy atom. The van der Waals surface area contributed by atoms with Crippen molar-refractivity contribution in [3.8, 4) is 0 Å². The molecular weight excluding hydrogens is 238 g/mol. The van der Waals surface area contributed by atoms with Gasteiger partial charge in [-0.3, -0.25) is 4.79 Å². The van der Waals surface area contributed by atoms with Crippen LogP contribution in [0, 0.1) is 17.3 Å². The Morgan fingerprint density at radius 1 is 1.32 bits per heavy atom. The maximum Gasteiger partial charge on any atom is 0.293 e. The van der Waals surface area contributed by atoms with Gasteiger partial charge in [0.1, 0.15) is 0 Å². The molecule has 1 atom stereocenters. The fraction of sp³-hybridized carbons (Fsp3) is 0.733. The minimum absolute atomic E-state index is 0.0303. The quantitative estimate of drug-likeness (QED) is 0.890. The molecule has 0 aliphatic rings. The fourth-order valence-electron chi connectivity index (χ4n) is 1.66. The van der Waals surface area contributed by atoms with E-state index in [1.165, 1.54) is 0 Å². The number of nitrogens with zero attached hydrogens (tertiary/aromatic N) is 2. The number of anilines is 1. The van der Waals surface area contributed by atoms with Gasteiger partial charge in [0.05, 0.1) is 0 Å². The van der Waals surface area contributed by atoms with Crippen LogP contribution in [0.2, 0.25) is 0 Å². The second kappa shape index (κ2) is 6.22. The van der Waals surface area contributed by atoms with E-state index in [4.69, 9.17) is 0 Å². The van der Waals surface area contributed by atoms with E-state index in [0.717, 1.165) is 13.1 Å². The van der Waals surface area contributed by atoms with Crippen LogP contribution in [0.3, 0.4) is 0 Å². The molecule has 0 amide bonds. The lowest BCUT2D eigenvalue weighted by Gasteiger charge is -2.27. The second-order valence-electron chi connectivity index (χ2n) is 6.78. The zero-order valence-corrected chi connectivity index (χ0v) is 13.0. The van der Waals surface area contributed by atoms with E-state index in [2.05, 4.69) is 51.8 Å². The molecule has 0 aromatic carbocycles. The van der Waals surface area contributed by atoms with Crippen molar-refractivity contribution in [2.45, 2.75) is 48.1 Å². The molecule has 0 aliphatic heterocycles. The Bertz CT molecular complexity index is 457. The van der Waals surface area contributed by atoms with Crippen LogP contribution in [0.4, 0.5) is 5.82 Å². The maximum absolute atomic E-state index is 12.2. The average molecular weight is 265 g/mol. The van der Waals surface area contributed by atoms with Crippen LogP contribution >= 0.6 is 0 Å². The molecule has 1 rings (SSSR count). The molecule has 1 aromatic heterocycles. The molecule has 0 aliphatic carbocycles. The molecule has 0 saturated carbocycles. The first-order chi connectivity index (χ1) is 8.71. The Kier molecular flexibility index (Phi) is 5.15. The molecule has 0 bridgehead atoms. The highest BCUT2D eigenvalue weighted by Gasteiger charge is 2.20. The minimum atomic E-state index is -0.0303. The zero-order chi connectivity index (χ0) is 14.6. The number of aromatic nitrogens is 2. The van der Waals surface area contributed by atoms with Gasteiger partial charge in [0, 0.05) is 25.5 Å². The summed E-state index contributed by atoms with van der Waals surface area (Å²) < 4.78 is 1.72. The van der Waals surface area contributed by atoms with Crippen molar-refractivity contribution < 1.29 is 0 Å². The predicted molar refractivity (Wildman–Crippen MR) is 80.4 cm³/mol. The number of nitrogens with one attached hydrogen (secondary N) is 1. The van der Waals surface area contributed by atoms with Crippen molar-refractivity contribution in [3.05, 3.63) is 22.7 Å². The van der Waals surface area contributed by atoms with Crippen LogP contribution in [0.15, 0.2) is 17.2 Å². The summed E-state index contributed by atoms with van der Waals surface area (Å²) in [5.41, 5.74) is 0.191. The Labute approximate surface area is 116 Å². The van der Waals surface area contributed by atoms with Gasteiger partial charge in [-0.1, -0.05) is 41.5 Å². The van der Waals surface area contributed by atoms with Crippen molar-refractivity contribution in [1.29, 1.82) is 0 Å². The lowest BCUT2D eigenvalue weighted by atomic mass is 9.82. The van der Waals surface area contributed by atoms with E-state index >= 15 is 0 Å². The molecule has 1 unspecified atom stereocenters. The van der Waals surface area contributed by atoms with Crippen LogP contribution in [-0.4, -0.2) is 16.1 Å². The molecule has 0 saturated heterocycles. The van der Waals surface area contributed by atoms with E-state index < -0.39 is 0 Å². The van der Waals surface area contributed by atoms with Crippen LogP contribution in [-0.2, 0) is 6.54 Å². The fourth-order valence-corrected chi connectivity index (χ4v) is 1.66. The first-order valence-electron chi connectivity index (χ1n) is 7.01. The molecule has 4 heteroatoms. The molecule has 0 fully saturated rings. The molecule has 1 N–H and O–H groups in total. The summed E-state index contributed by atoms with van der Waals surface area (Å²) in [6, 6.07) is 0. The van der Waals surface area contributed by atoms with Crippen molar-refractivity contribution in [3.63, 3.8) is 0 Å². The van der Waals surface area contributed by atoms with Crippen molar-refractivity contribution in [1.82, 2.24) is 9.55 Å². The van der Waals surface area contributed by atoms with Gasteiger partial charge in [-0.2, -0.15) is 0 Å². The monoisotopic (exact) mass is 265 g/mol. The molecule has 0 radical (unpaired) electrons. The molecule has 0 spiro atoms. The second-order valence-corrected chi connectivity index (χ2v) is 6.78. The highest BCUT2D eigenvalue weighted by Crippen LogP contribution is 2.24. The van der Waals surface area contributed by atoms with Gasteiger partial charge in [0.2, 0.25) is 0 Å². The van der Waals surface area contributed by atoms with Gasteiger partial charge in [-0.25, -0.2) is 4.98 Å². The van der Waals surface area contributed by atoms with Crippen molar-refractivity contribution in [2.75, 3.05) is 11.9 Å². The molecule has 19 heavy (non-hydrogen) atoms.